The fraction of sp³-hybridized carbons (Fsp3) is 0.0500. The Morgan fingerprint density at radius 1 is 0.905 bits per heavy atom. The molecule has 2 aromatic rings. The van der Waals surface area contributed by atoms with E-state index in [-0.39, 0.29) is 0 Å². The highest BCUT2D eigenvalue weighted by atomic mass is 16.1. The van der Waals surface area contributed by atoms with Crippen molar-refractivity contribution in [1.82, 2.24) is 0 Å². The molecule has 0 spiro atoms. The van der Waals surface area contributed by atoms with Crippen LogP contribution in [0, 0.1) is 6.92 Å². The molecule has 0 aromatic heterocycles. The van der Waals surface area contributed by atoms with Gasteiger partial charge in [0.15, 0.2) is 6.29 Å². The van der Waals surface area contributed by atoms with Crippen LogP contribution in [0.3, 0.4) is 0 Å². The van der Waals surface area contributed by atoms with E-state index in [1.807, 2.05) is 30.3 Å². The molecule has 0 aliphatic heterocycles. The number of carbonyl (C=O) groups is 1. The molecule has 0 N–H and O–H groups in total. The Morgan fingerprint density at radius 2 is 1.71 bits per heavy atom. The van der Waals surface area contributed by atoms with E-state index in [4.69, 9.17) is 0 Å². The molecule has 21 heavy (non-hydrogen) atoms. The van der Waals surface area contributed by atoms with Crippen molar-refractivity contribution in [3.63, 3.8) is 0 Å². The van der Waals surface area contributed by atoms with Crippen LogP contribution >= 0.6 is 0 Å². The summed E-state index contributed by atoms with van der Waals surface area (Å²) in [6, 6.07) is 18.4. The van der Waals surface area contributed by atoms with Crippen molar-refractivity contribution in [2.75, 3.05) is 0 Å². The fourth-order valence-electron chi connectivity index (χ4n) is 2.51. The zero-order valence-electron chi connectivity index (χ0n) is 11.9. The zero-order chi connectivity index (χ0) is 14.7. The highest BCUT2D eigenvalue weighted by molar-refractivity contribution is 6.07. The molecule has 0 atom stereocenters. The largest absolute Gasteiger partial charge is 0.298 e. The summed E-state index contributed by atoms with van der Waals surface area (Å²) < 4.78 is 0. The van der Waals surface area contributed by atoms with Crippen LogP contribution < -0.4 is 0 Å². The van der Waals surface area contributed by atoms with E-state index >= 15 is 0 Å². The third-order valence-corrected chi connectivity index (χ3v) is 3.58. The molecule has 0 saturated carbocycles. The summed E-state index contributed by atoms with van der Waals surface area (Å²) in [6.45, 7) is 2.06. The van der Waals surface area contributed by atoms with E-state index < -0.39 is 0 Å². The molecule has 0 saturated heterocycles. The van der Waals surface area contributed by atoms with Crippen LogP contribution in [0.2, 0.25) is 0 Å². The van der Waals surface area contributed by atoms with E-state index in [2.05, 4.69) is 49.4 Å². The van der Waals surface area contributed by atoms with Crippen molar-refractivity contribution in [2.24, 2.45) is 0 Å². The zero-order valence-corrected chi connectivity index (χ0v) is 11.9. The van der Waals surface area contributed by atoms with Crippen molar-refractivity contribution in [3.05, 3.63) is 94.6 Å². The van der Waals surface area contributed by atoms with E-state index in [9.17, 15) is 4.79 Å². The topological polar surface area (TPSA) is 17.1 Å². The number of rotatable bonds is 4. The molecule has 2 aromatic carbocycles. The van der Waals surface area contributed by atoms with E-state index in [1.54, 1.807) is 0 Å². The summed E-state index contributed by atoms with van der Waals surface area (Å²) >= 11 is 0. The van der Waals surface area contributed by atoms with Gasteiger partial charge in [-0.1, -0.05) is 72.3 Å². The lowest BCUT2D eigenvalue weighted by molar-refractivity contribution is -0.104. The molecule has 0 fully saturated rings. The summed E-state index contributed by atoms with van der Waals surface area (Å²) in [6.07, 6.45) is 7.00. The van der Waals surface area contributed by atoms with Gasteiger partial charge in [0.05, 0.1) is 0 Å². The first kappa shape index (κ1) is 13.3. The molecule has 102 valence electrons. The van der Waals surface area contributed by atoms with Gasteiger partial charge in [-0.3, -0.25) is 4.79 Å². The maximum absolute atomic E-state index is 11.1. The van der Waals surface area contributed by atoms with E-state index in [0.717, 1.165) is 34.1 Å². The Hall–Kier alpha value is -2.67. The maximum atomic E-state index is 11.1. The summed E-state index contributed by atoms with van der Waals surface area (Å²) in [5, 5.41) is 0. The SMILES string of the molecule is Cc1cccc(C2=C(/C=C/c3ccccc3)C=C2C=O)c1. The monoisotopic (exact) mass is 272 g/mol. The molecule has 3 rings (SSSR count). The van der Waals surface area contributed by atoms with Crippen LogP contribution in [0.25, 0.3) is 11.6 Å². The molecule has 0 bridgehead atoms. The lowest BCUT2D eigenvalue weighted by Crippen LogP contribution is -2.04. The molecule has 0 heterocycles. The van der Waals surface area contributed by atoms with E-state index in [0.29, 0.717) is 0 Å². The van der Waals surface area contributed by atoms with Crippen LogP contribution in [0.4, 0.5) is 0 Å². The van der Waals surface area contributed by atoms with Crippen LogP contribution in [-0.2, 0) is 4.79 Å². The first-order valence-corrected chi connectivity index (χ1v) is 6.99. The van der Waals surface area contributed by atoms with Crippen LogP contribution in [0.5, 0.6) is 0 Å². The predicted molar refractivity (Wildman–Crippen MR) is 87.7 cm³/mol. The minimum absolute atomic E-state index is 0.772. The average molecular weight is 272 g/mol. The van der Waals surface area contributed by atoms with Crippen molar-refractivity contribution in [1.29, 1.82) is 0 Å². The number of hydrogen-bond donors (Lipinski definition) is 0. The standard InChI is InChI=1S/C20H16O/c1-15-6-5-9-17(12-15)20-18(13-19(20)14-21)11-10-16-7-3-2-4-8-16/h2-14H,1H3/b11-10+. The second kappa shape index (κ2) is 5.76. The third kappa shape index (κ3) is 2.77. The highest BCUT2D eigenvalue weighted by Crippen LogP contribution is 2.36. The molecule has 1 nitrogen and oxygen atoms in total. The number of hydrogen-bond acceptors (Lipinski definition) is 1. The Balaban J connectivity index is 1.94. The number of allylic oxidation sites excluding steroid dienone is 5. The number of benzene rings is 2. The van der Waals surface area contributed by atoms with Gasteiger partial charge >= 0.3 is 0 Å². The lowest BCUT2D eigenvalue weighted by Gasteiger charge is -2.19. The number of aldehydes is 1. The molecule has 0 unspecified atom stereocenters. The minimum atomic E-state index is 0.772. The van der Waals surface area contributed by atoms with Gasteiger partial charge in [-0.15, -0.1) is 0 Å². The molecule has 0 radical (unpaired) electrons. The number of carbonyl (C=O) groups excluding carboxylic acids is 1. The molecule has 1 aliphatic carbocycles. The lowest BCUT2D eigenvalue weighted by atomic mass is 9.83. The van der Waals surface area contributed by atoms with Crippen LogP contribution in [-0.4, -0.2) is 6.29 Å². The van der Waals surface area contributed by atoms with Crippen molar-refractivity contribution < 1.29 is 4.79 Å². The summed E-state index contributed by atoms with van der Waals surface area (Å²) in [4.78, 5) is 11.1. The van der Waals surface area contributed by atoms with Gasteiger partial charge in [0.1, 0.15) is 0 Å². The van der Waals surface area contributed by atoms with Gasteiger partial charge in [-0.05, 0) is 35.3 Å². The Kier molecular flexibility index (Phi) is 3.65. The number of aryl methyl sites for hydroxylation is 1. The minimum Gasteiger partial charge on any atom is -0.298 e. The first-order valence-electron chi connectivity index (χ1n) is 6.99. The maximum Gasteiger partial charge on any atom is 0.150 e. The third-order valence-electron chi connectivity index (χ3n) is 3.58. The van der Waals surface area contributed by atoms with Gasteiger partial charge in [0.25, 0.3) is 0 Å². The van der Waals surface area contributed by atoms with E-state index in [1.165, 1.54) is 5.56 Å². The summed E-state index contributed by atoms with van der Waals surface area (Å²) in [5.41, 5.74) is 6.37. The molecule has 1 heteroatoms. The van der Waals surface area contributed by atoms with Crippen molar-refractivity contribution in [2.45, 2.75) is 6.92 Å². The molecular formula is C20H16O. The second-order valence-corrected chi connectivity index (χ2v) is 5.16. The molecule has 0 amide bonds. The normalized spacial score (nSPS) is 14.0. The highest BCUT2D eigenvalue weighted by Gasteiger charge is 2.19. The first-order chi connectivity index (χ1) is 10.3. The molecular weight excluding hydrogens is 256 g/mol. The Bertz CT molecular complexity index is 761. The van der Waals surface area contributed by atoms with Crippen LogP contribution in [0.1, 0.15) is 16.7 Å². The summed E-state index contributed by atoms with van der Waals surface area (Å²) in [5.74, 6) is 0. The van der Waals surface area contributed by atoms with Gasteiger partial charge in [-0.25, -0.2) is 0 Å². The van der Waals surface area contributed by atoms with Gasteiger partial charge < -0.3 is 0 Å². The predicted octanol–water partition coefficient (Wildman–Crippen LogP) is 4.60. The fourth-order valence-corrected chi connectivity index (χ4v) is 2.51. The quantitative estimate of drug-likeness (QED) is 0.743. The molecule has 1 aliphatic rings. The summed E-state index contributed by atoms with van der Waals surface area (Å²) in [7, 11) is 0. The van der Waals surface area contributed by atoms with Gasteiger partial charge in [0.2, 0.25) is 0 Å². The Labute approximate surface area is 124 Å². The van der Waals surface area contributed by atoms with Crippen molar-refractivity contribution in [3.8, 4) is 0 Å². The van der Waals surface area contributed by atoms with Crippen LogP contribution in [0.15, 0.2) is 77.9 Å². The van der Waals surface area contributed by atoms with Gasteiger partial charge in [0, 0.05) is 5.57 Å². The average Bonchev–Trinajstić information content (AvgIpc) is 2.47. The van der Waals surface area contributed by atoms with Gasteiger partial charge in [-0.2, -0.15) is 0 Å². The van der Waals surface area contributed by atoms with Crippen molar-refractivity contribution >= 4 is 17.9 Å². The Morgan fingerprint density at radius 3 is 2.43 bits per heavy atom. The second-order valence-electron chi connectivity index (χ2n) is 5.16. The smallest absolute Gasteiger partial charge is 0.150 e.